The van der Waals surface area contributed by atoms with Gasteiger partial charge in [0, 0.05) is 32.7 Å². The van der Waals surface area contributed by atoms with Crippen LogP contribution in [0.4, 0.5) is 0 Å². The van der Waals surface area contributed by atoms with Gasteiger partial charge in [-0.2, -0.15) is 11.3 Å². The zero-order valence-corrected chi connectivity index (χ0v) is 14.5. The molecule has 5 heteroatoms. The van der Waals surface area contributed by atoms with Crippen molar-refractivity contribution in [3.05, 3.63) is 22.4 Å². The van der Waals surface area contributed by atoms with Gasteiger partial charge in [0.25, 0.3) is 5.91 Å². The number of piperidine rings is 1. The van der Waals surface area contributed by atoms with Crippen LogP contribution >= 0.6 is 11.3 Å². The molecule has 1 spiro atoms. The number of nitrogens with zero attached hydrogens (tertiary/aromatic N) is 2. The molecular formula is C18H26N2O2S. The van der Waals surface area contributed by atoms with Crippen molar-refractivity contribution in [2.45, 2.75) is 56.8 Å². The maximum Gasteiger partial charge on any atom is 0.251 e. The first kappa shape index (κ1) is 15.6. The van der Waals surface area contributed by atoms with Gasteiger partial charge in [-0.3, -0.25) is 9.69 Å². The molecule has 3 saturated heterocycles. The van der Waals surface area contributed by atoms with Crippen LogP contribution < -0.4 is 0 Å². The summed E-state index contributed by atoms with van der Waals surface area (Å²) in [5, 5.41) is 4.39. The van der Waals surface area contributed by atoms with E-state index in [2.05, 4.69) is 21.7 Å². The zero-order valence-electron chi connectivity index (χ0n) is 13.7. The SMILES string of the molecule is O=C([C@@H]1CCC2(CCN(Cc3ccsc3)CC2)O1)N1CCCC1. The lowest BCUT2D eigenvalue weighted by molar-refractivity contribution is -0.150. The van der Waals surface area contributed by atoms with Gasteiger partial charge in [-0.05, 0) is 60.9 Å². The fraction of sp³-hybridized carbons (Fsp3) is 0.722. The average Bonchev–Trinajstić information content (AvgIpc) is 3.31. The molecule has 0 radical (unpaired) electrons. The van der Waals surface area contributed by atoms with Crippen molar-refractivity contribution in [3.8, 4) is 0 Å². The molecule has 1 aromatic rings. The molecule has 1 aromatic heterocycles. The fourth-order valence-electron chi connectivity index (χ4n) is 4.26. The summed E-state index contributed by atoms with van der Waals surface area (Å²) < 4.78 is 6.33. The molecule has 0 saturated carbocycles. The third-order valence-corrected chi connectivity index (χ3v) is 6.43. The number of ether oxygens (including phenoxy) is 1. The molecule has 3 fully saturated rings. The van der Waals surface area contributed by atoms with Crippen LogP contribution in [-0.2, 0) is 16.1 Å². The molecule has 3 aliphatic heterocycles. The third kappa shape index (κ3) is 3.32. The summed E-state index contributed by atoms with van der Waals surface area (Å²) in [6.07, 6.45) is 6.25. The second-order valence-electron chi connectivity index (χ2n) is 7.27. The number of hydrogen-bond donors (Lipinski definition) is 0. The fourth-order valence-corrected chi connectivity index (χ4v) is 4.92. The molecule has 1 atom stereocenters. The quantitative estimate of drug-likeness (QED) is 0.852. The first-order valence-corrected chi connectivity index (χ1v) is 9.88. The Balaban J connectivity index is 1.30. The number of rotatable bonds is 3. The Hall–Kier alpha value is -0.910. The van der Waals surface area contributed by atoms with Crippen LogP contribution in [-0.4, -0.2) is 53.6 Å². The van der Waals surface area contributed by atoms with Gasteiger partial charge in [-0.25, -0.2) is 0 Å². The summed E-state index contributed by atoms with van der Waals surface area (Å²) >= 11 is 1.77. The predicted octanol–water partition coefficient (Wildman–Crippen LogP) is 2.88. The van der Waals surface area contributed by atoms with Gasteiger partial charge in [0.05, 0.1) is 5.60 Å². The first-order valence-electron chi connectivity index (χ1n) is 8.94. The highest BCUT2D eigenvalue weighted by atomic mass is 32.1. The largest absolute Gasteiger partial charge is 0.362 e. The Morgan fingerprint density at radius 1 is 1.22 bits per heavy atom. The normalized spacial score (nSPS) is 27.8. The monoisotopic (exact) mass is 334 g/mol. The first-order chi connectivity index (χ1) is 11.2. The maximum atomic E-state index is 12.5. The Morgan fingerprint density at radius 2 is 2.00 bits per heavy atom. The minimum Gasteiger partial charge on any atom is -0.362 e. The van der Waals surface area contributed by atoms with E-state index in [9.17, 15) is 4.79 Å². The van der Waals surface area contributed by atoms with Crippen LogP contribution in [0.2, 0.25) is 0 Å². The van der Waals surface area contributed by atoms with E-state index in [1.807, 2.05) is 4.90 Å². The van der Waals surface area contributed by atoms with Gasteiger partial charge in [0.2, 0.25) is 0 Å². The molecule has 0 bridgehead atoms. The van der Waals surface area contributed by atoms with Crippen molar-refractivity contribution in [1.82, 2.24) is 9.80 Å². The standard InChI is InChI=1S/C18H26N2O2S/c21-17(20-8-1-2-9-20)16-3-5-18(22-16)6-10-19(11-7-18)13-15-4-12-23-14-15/h4,12,14,16H,1-3,5-11,13H2/t16-/m0/s1. The number of likely N-dealkylation sites (tertiary alicyclic amines) is 2. The molecule has 23 heavy (non-hydrogen) atoms. The van der Waals surface area contributed by atoms with Crippen molar-refractivity contribution in [3.63, 3.8) is 0 Å². The van der Waals surface area contributed by atoms with Gasteiger partial charge < -0.3 is 9.64 Å². The molecule has 0 N–H and O–H groups in total. The number of amides is 1. The van der Waals surface area contributed by atoms with Crippen molar-refractivity contribution in [1.29, 1.82) is 0 Å². The molecule has 126 valence electrons. The number of carbonyl (C=O) groups is 1. The highest BCUT2D eigenvalue weighted by Crippen LogP contribution is 2.39. The second-order valence-corrected chi connectivity index (χ2v) is 8.05. The van der Waals surface area contributed by atoms with E-state index >= 15 is 0 Å². The average molecular weight is 334 g/mol. The molecule has 4 nitrogen and oxygen atoms in total. The molecular weight excluding hydrogens is 308 g/mol. The van der Waals surface area contributed by atoms with E-state index in [1.54, 1.807) is 11.3 Å². The van der Waals surface area contributed by atoms with Crippen LogP contribution in [0.3, 0.4) is 0 Å². The Labute approximate surface area is 142 Å². The summed E-state index contributed by atoms with van der Waals surface area (Å²) in [5.74, 6) is 0.250. The van der Waals surface area contributed by atoms with Crippen molar-refractivity contribution >= 4 is 17.2 Å². The van der Waals surface area contributed by atoms with E-state index < -0.39 is 0 Å². The number of hydrogen-bond acceptors (Lipinski definition) is 4. The summed E-state index contributed by atoms with van der Waals surface area (Å²) in [7, 11) is 0. The number of thiophene rings is 1. The van der Waals surface area contributed by atoms with Crippen LogP contribution in [0, 0.1) is 0 Å². The third-order valence-electron chi connectivity index (χ3n) is 5.70. The Kier molecular flexibility index (Phi) is 4.43. The van der Waals surface area contributed by atoms with Gasteiger partial charge >= 0.3 is 0 Å². The van der Waals surface area contributed by atoms with E-state index in [0.29, 0.717) is 0 Å². The molecule has 1 amide bonds. The minimum atomic E-state index is -0.170. The minimum absolute atomic E-state index is 0.0226. The van der Waals surface area contributed by atoms with E-state index in [4.69, 9.17) is 4.74 Å². The molecule has 4 heterocycles. The predicted molar refractivity (Wildman–Crippen MR) is 91.5 cm³/mol. The zero-order chi connectivity index (χ0) is 15.7. The van der Waals surface area contributed by atoms with Crippen LogP contribution in [0.25, 0.3) is 0 Å². The van der Waals surface area contributed by atoms with Gasteiger partial charge in [0.1, 0.15) is 6.10 Å². The van der Waals surface area contributed by atoms with E-state index in [0.717, 1.165) is 71.2 Å². The highest BCUT2D eigenvalue weighted by molar-refractivity contribution is 7.07. The van der Waals surface area contributed by atoms with Crippen LogP contribution in [0.1, 0.15) is 44.1 Å². The van der Waals surface area contributed by atoms with Crippen LogP contribution in [0.5, 0.6) is 0 Å². The van der Waals surface area contributed by atoms with Gasteiger partial charge in [0.15, 0.2) is 0 Å². The topological polar surface area (TPSA) is 32.8 Å². The maximum absolute atomic E-state index is 12.5. The van der Waals surface area contributed by atoms with Gasteiger partial charge in [-0.1, -0.05) is 0 Å². The summed E-state index contributed by atoms with van der Waals surface area (Å²) in [6.45, 7) is 5.08. The lowest BCUT2D eigenvalue weighted by atomic mass is 9.88. The van der Waals surface area contributed by atoms with E-state index in [1.165, 1.54) is 5.56 Å². The highest BCUT2D eigenvalue weighted by Gasteiger charge is 2.45. The Morgan fingerprint density at radius 3 is 2.70 bits per heavy atom. The van der Waals surface area contributed by atoms with Crippen molar-refractivity contribution < 1.29 is 9.53 Å². The van der Waals surface area contributed by atoms with Crippen molar-refractivity contribution in [2.24, 2.45) is 0 Å². The summed E-state index contributed by atoms with van der Waals surface area (Å²) in [4.78, 5) is 17.1. The second kappa shape index (κ2) is 6.54. The summed E-state index contributed by atoms with van der Waals surface area (Å²) in [6, 6.07) is 2.21. The molecule has 0 unspecified atom stereocenters. The lowest BCUT2D eigenvalue weighted by Gasteiger charge is -2.39. The summed E-state index contributed by atoms with van der Waals surface area (Å²) in [5.41, 5.74) is 1.39. The van der Waals surface area contributed by atoms with E-state index in [-0.39, 0.29) is 17.6 Å². The van der Waals surface area contributed by atoms with Crippen LogP contribution in [0.15, 0.2) is 16.8 Å². The van der Waals surface area contributed by atoms with Crippen molar-refractivity contribution in [2.75, 3.05) is 26.2 Å². The molecule has 0 aromatic carbocycles. The molecule has 3 aliphatic rings. The smallest absolute Gasteiger partial charge is 0.251 e. The number of carbonyl (C=O) groups excluding carboxylic acids is 1. The molecule has 0 aliphatic carbocycles. The molecule has 4 rings (SSSR count). The lowest BCUT2D eigenvalue weighted by Crippen LogP contribution is -2.45. The van der Waals surface area contributed by atoms with Gasteiger partial charge in [-0.15, -0.1) is 0 Å². The Bertz CT molecular complexity index is 531.